The molecule has 0 saturated carbocycles. The van der Waals surface area contributed by atoms with Gasteiger partial charge in [0.25, 0.3) is 11.6 Å². The number of non-ortho nitro benzene ring substituents is 1. The van der Waals surface area contributed by atoms with E-state index < -0.39 is 4.92 Å². The Morgan fingerprint density at radius 2 is 1.68 bits per heavy atom. The Balaban J connectivity index is 1.18. The van der Waals surface area contributed by atoms with Gasteiger partial charge in [0, 0.05) is 75.6 Å². The summed E-state index contributed by atoms with van der Waals surface area (Å²) in [7, 11) is 0. The lowest BCUT2D eigenvalue weighted by Crippen LogP contribution is -2.50. The minimum atomic E-state index is -0.490. The van der Waals surface area contributed by atoms with Gasteiger partial charge in [0.05, 0.1) is 10.8 Å². The lowest BCUT2D eigenvalue weighted by Gasteiger charge is -2.34. The Morgan fingerprint density at radius 1 is 1.00 bits per heavy atom. The quantitative estimate of drug-likeness (QED) is 0.490. The predicted molar refractivity (Wildman–Crippen MR) is 125 cm³/mol. The van der Waals surface area contributed by atoms with Gasteiger partial charge in [-0.25, -0.2) is 0 Å². The maximum atomic E-state index is 12.6. The van der Waals surface area contributed by atoms with Crippen LogP contribution in [0.1, 0.15) is 16.8 Å². The fourth-order valence-electron chi connectivity index (χ4n) is 4.31. The van der Waals surface area contributed by atoms with E-state index in [9.17, 15) is 24.5 Å². The number of nitro groups is 1. The van der Waals surface area contributed by atoms with E-state index in [0.717, 1.165) is 5.69 Å². The number of anilines is 1. The van der Waals surface area contributed by atoms with Gasteiger partial charge >= 0.3 is 0 Å². The summed E-state index contributed by atoms with van der Waals surface area (Å²) in [6.45, 7) is 3.98. The number of carbonyl (C=O) groups is 3. The second kappa shape index (κ2) is 10.4. The number of para-hydroxylation sites is 1. The maximum Gasteiger partial charge on any atom is 0.269 e. The standard InChI is InChI=1S/C24H27N5O5/c30-22-16-19(17-28(22)20-4-2-1-3-5-20)23(31)25-10-11-26-12-14-27(15-13-26)24(32)18-6-8-21(9-7-18)29(33)34/h1-9,19H,10-17H2,(H,25,31). The summed E-state index contributed by atoms with van der Waals surface area (Å²) >= 11 is 0. The van der Waals surface area contributed by atoms with Gasteiger partial charge in [0.15, 0.2) is 0 Å². The largest absolute Gasteiger partial charge is 0.355 e. The maximum absolute atomic E-state index is 12.6. The molecule has 1 atom stereocenters. The Hall–Kier alpha value is -3.79. The molecule has 10 nitrogen and oxygen atoms in total. The van der Waals surface area contributed by atoms with Crippen molar-refractivity contribution in [3.05, 3.63) is 70.3 Å². The third kappa shape index (κ3) is 5.40. The van der Waals surface area contributed by atoms with Crippen LogP contribution >= 0.6 is 0 Å². The molecule has 3 amide bonds. The van der Waals surface area contributed by atoms with Gasteiger partial charge in [-0.1, -0.05) is 18.2 Å². The van der Waals surface area contributed by atoms with Gasteiger partial charge in [-0.05, 0) is 24.3 Å². The SMILES string of the molecule is O=C(NCCN1CCN(C(=O)c2ccc([N+](=O)[O-])cc2)CC1)C1CC(=O)N(c2ccccc2)C1. The van der Waals surface area contributed by atoms with Gasteiger partial charge in [-0.3, -0.25) is 29.4 Å². The minimum absolute atomic E-state index is 0.0415. The lowest BCUT2D eigenvalue weighted by molar-refractivity contribution is -0.384. The lowest BCUT2D eigenvalue weighted by atomic mass is 10.1. The second-order valence-corrected chi connectivity index (χ2v) is 8.47. The normalized spacial score (nSPS) is 18.7. The zero-order valence-corrected chi connectivity index (χ0v) is 18.8. The van der Waals surface area contributed by atoms with E-state index >= 15 is 0 Å². The second-order valence-electron chi connectivity index (χ2n) is 8.47. The van der Waals surface area contributed by atoms with Crippen LogP contribution < -0.4 is 10.2 Å². The highest BCUT2D eigenvalue weighted by Gasteiger charge is 2.35. The smallest absolute Gasteiger partial charge is 0.269 e. The van der Waals surface area contributed by atoms with Crippen molar-refractivity contribution in [2.75, 3.05) is 50.7 Å². The zero-order valence-electron chi connectivity index (χ0n) is 18.8. The number of amides is 3. The van der Waals surface area contributed by atoms with E-state index in [1.165, 1.54) is 24.3 Å². The first-order valence-electron chi connectivity index (χ1n) is 11.3. The molecule has 2 aliphatic rings. The van der Waals surface area contributed by atoms with Crippen LogP contribution in [0.25, 0.3) is 0 Å². The molecule has 0 radical (unpaired) electrons. The Morgan fingerprint density at radius 3 is 2.32 bits per heavy atom. The number of hydrogen-bond donors (Lipinski definition) is 1. The fourth-order valence-corrected chi connectivity index (χ4v) is 4.31. The summed E-state index contributed by atoms with van der Waals surface area (Å²) < 4.78 is 0. The summed E-state index contributed by atoms with van der Waals surface area (Å²) in [5, 5.41) is 13.7. The number of hydrogen-bond acceptors (Lipinski definition) is 6. The van der Waals surface area contributed by atoms with Gasteiger partial charge in [-0.15, -0.1) is 0 Å². The van der Waals surface area contributed by atoms with Crippen LogP contribution in [-0.2, 0) is 9.59 Å². The van der Waals surface area contributed by atoms with Crippen LogP contribution in [0.3, 0.4) is 0 Å². The van der Waals surface area contributed by atoms with Crippen LogP contribution in [0.2, 0.25) is 0 Å². The predicted octanol–water partition coefficient (Wildman–Crippen LogP) is 1.52. The molecule has 10 heteroatoms. The Kier molecular flexibility index (Phi) is 7.17. The molecule has 2 aliphatic heterocycles. The topological polar surface area (TPSA) is 116 Å². The molecule has 2 aromatic rings. The molecule has 178 valence electrons. The number of carbonyl (C=O) groups excluding carboxylic acids is 3. The van der Waals surface area contributed by atoms with E-state index in [0.29, 0.717) is 51.4 Å². The molecule has 0 aliphatic carbocycles. The Bertz CT molecular complexity index is 1050. The molecule has 0 spiro atoms. The average molecular weight is 466 g/mol. The fraction of sp³-hybridized carbons (Fsp3) is 0.375. The molecule has 0 bridgehead atoms. The van der Waals surface area contributed by atoms with E-state index in [1.807, 2.05) is 30.3 Å². The van der Waals surface area contributed by atoms with Crippen LogP contribution in [0.4, 0.5) is 11.4 Å². The van der Waals surface area contributed by atoms with E-state index in [4.69, 9.17) is 0 Å². The van der Waals surface area contributed by atoms with Crippen molar-refractivity contribution < 1.29 is 19.3 Å². The summed E-state index contributed by atoms with van der Waals surface area (Å²) in [4.78, 5) is 53.4. The molecular formula is C24H27N5O5. The van der Waals surface area contributed by atoms with Crippen molar-refractivity contribution in [1.82, 2.24) is 15.1 Å². The molecule has 1 unspecified atom stereocenters. The highest BCUT2D eigenvalue weighted by atomic mass is 16.6. The van der Waals surface area contributed by atoms with Crippen molar-refractivity contribution in [3.63, 3.8) is 0 Å². The highest BCUT2D eigenvalue weighted by molar-refractivity contribution is 6.00. The summed E-state index contributed by atoms with van der Waals surface area (Å²) in [6.07, 6.45) is 0.212. The van der Waals surface area contributed by atoms with Gasteiger partial charge in [-0.2, -0.15) is 0 Å². The van der Waals surface area contributed by atoms with E-state index in [1.54, 1.807) is 9.80 Å². The highest BCUT2D eigenvalue weighted by Crippen LogP contribution is 2.24. The number of nitrogens with one attached hydrogen (secondary N) is 1. The first-order valence-corrected chi connectivity index (χ1v) is 11.3. The number of rotatable bonds is 7. The summed E-state index contributed by atoms with van der Waals surface area (Å²) in [5.74, 6) is -0.653. The van der Waals surface area contributed by atoms with Gasteiger partial charge in [0.1, 0.15) is 0 Å². The minimum Gasteiger partial charge on any atom is -0.355 e. The number of piperazine rings is 1. The van der Waals surface area contributed by atoms with Gasteiger partial charge in [0.2, 0.25) is 11.8 Å². The van der Waals surface area contributed by atoms with Crippen molar-refractivity contribution in [1.29, 1.82) is 0 Å². The van der Waals surface area contributed by atoms with Gasteiger partial charge < -0.3 is 15.1 Å². The number of nitro benzene ring substituents is 1. The van der Waals surface area contributed by atoms with Crippen molar-refractivity contribution >= 4 is 29.1 Å². The molecule has 2 aromatic carbocycles. The summed E-state index contributed by atoms with van der Waals surface area (Å²) in [6, 6.07) is 15.0. The zero-order chi connectivity index (χ0) is 24.1. The summed E-state index contributed by atoms with van der Waals surface area (Å²) in [5.41, 5.74) is 1.20. The van der Waals surface area contributed by atoms with Crippen molar-refractivity contribution in [2.24, 2.45) is 5.92 Å². The van der Waals surface area contributed by atoms with Crippen molar-refractivity contribution in [2.45, 2.75) is 6.42 Å². The molecule has 34 heavy (non-hydrogen) atoms. The van der Waals surface area contributed by atoms with Crippen LogP contribution in [0.5, 0.6) is 0 Å². The van der Waals surface area contributed by atoms with E-state index in [2.05, 4.69) is 10.2 Å². The van der Waals surface area contributed by atoms with Crippen LogP contribution in [0.15, 0.2) is 54.6 Å². The van der Waals surface area contributed by atoms with Crippen LogP contribution in [-0.4, -0.2) is 78.3 Å². The molecule has 4 rings (SSSR count). The first kappa shape index (κ1) is 23.4. The molecule has 2 fully saturated rings. The molecule has 2 saturated heterocycles. The third-order valence-corrected chi connectivity index (χ3v) is 6.28. The van der Waals surface area contributed by atoms with Crippen LogP contribution in [0, 0.1) is 16.0 Å². The first-order chi connectivity index (χ1) is 16.4. The average Bonchev–Trinajstić information content (AvgIpc) is 3.26. The monoisotopic (exact) mass is 465 g/mol. The van der Waals surface area contributed by atoms with E-state index in [-0.39, 0.29) is 35.7 Å². The number of benzene rings is 2. The molecular weight excluding hydrogens is 438 g/mol. The Labute approximate surface area is 197 Å². The molecule has 0 aromatic heterocycles. The van der Waals surface area contributed by atoms with Crippen molar-refractivity contribution in [3.8, 4) is 0 Å². The molecule has 2 heterocycles. The number of nitrogens with zero attached hydrogens (tertiary/aromatic N) is 4. The third-order valence-electron chi connectivity index (χ3n) is 6.28. The molecule has 1 N–H and O–H groups in total.